The summed E-state index contributed by atoms with van der Waals surface area (Å²) in [6.07, 6.45) is 6.21. The molecule has 2 fully saturated rings. The first-order chi connectivity index (χ1) is 10.0. The second-order valence-electron chi connectivity index (χ2n) is 6.13. The van der Waals surface area contributed by atoms with E-state index in [1.54, 1.807) is 11.1 Å². The van der Waals surface area contributed by atoms with Gasteiger partial charge in [-0.3, -0.25) is 9.48 Å². The minimum Gasteiger partial charge on any atom is -0.387 e. The summed E-state index contributed by atoms with van der Waals surface area (Å²) in [5.41, 5.74) is -0.762. The lowest BCUT2D eigenvalue weighted by Gasteiger charge is -2.28. The van der Waals surface area contributed by atoms with Crippen molar-refractivity contribution in [3.63, 3.8) is 0 Å². The predicted octanol–water partition coefficient (Wildman–Crippen LogP) is 0.596. The van der Waals surface area contributed by atoms with Crippen LogP contribution in [-0.4, -0.2) is 68.9 Å². The molecule has 0 spiro atoms. The lowest BCUT2D eigenvalue weighted by Crippen LogP contribution is -2.45. The zero-order chi connectivity index (χ0) is 14.9. The molecule has 3 heterocycles. The molecule has 2 aliphatic heterocycles. The molecule has 3 rings (SSSR count). The van der Waals surface area contributed by atoms with Gasteiger partial charge in [-0.25, -0.2) is 0 Å². The fourth-order valence-electron chi connectivity index (χ4n) is 3.22. The molecule has 2 saturated heterocycles. The predicted molar refractivity (Wildman–Crippen MR) is 79.1 cm³/mol. The van der Waals surface area contributed by atoms with Gasteiger partial charge in [0, 0.05) is 19.3 Å². The molecule has 7 heteroatoms. The van der Waals surface area contributed by atoms with E-state index in [2.05, 4.69) is 10.00 Å². The van der Waals surface area contributed by atoms with Crippen molar-refractivity contribution in [2.45, 2.75) is 31.4 Å². The summed E-state index contributed by atoms with van der Waals surface area (Å²) in [4.78, 5) is 16.3. The maximum atomic E-state index is 12.2. The molecule has 21 heavy (non-hydrogen) atoms. The molecule has 1 aromatic heterocycles. The molecule has 0 radical (unpaired) electrons. The summed E-state index contributed by atoms with van der Waals surface area (Å²) in [7, 11) is 0. The number of carbonyl (C=O) groups excluding carboxylic acids is 1. The third-order valence-corrected chi connectivity index (χ3v) is 4.50. The number of β-amino-alcohol motifs (C(OH)–C–C–N with tert-alkyl or cyclic N) is 1. The van der Waals surface area contributed by atoms with Crippen LogP contribution in [0.3, 0.4) is 0 Å². The Bertz CT molecular complexity index is 515. The molecule has 1 aromatic rings. The van der Waals surface area contributed by atoms with Gasteiger partial charge in [0.05, 0.1) is 23.4 Å². The molecule has 1 atom stereocenters. The first-order valence-electron chi connectivity index (χ1n) is 7.45. The Hall–Kier alpha value is -1.11. The minimum absolute atomic E-state index is 0.0212. The number of halogens is 1. The molecule has 116 valence electrons. The largest absolute Gasteiger partial charge is 0.387 e. The molecule has 0 aromatic carbocycles. The van der Waals surface area contributed by atoms with Crippen LogP contribution in [0.15, 0.2) is 12.4 Å². The summed E-state index contributed by atoms with van der Waals surface area (Å²) in [5.74, 6) is -0.0212. The number of hydrogen-bond donors (Lipinski definition) is 1. The highest BCUT2D eigenvalue weighted by Crippen LogP contribution is 2.24. The third kappa shape index (κ3) is 3.56. The van der Waals surface area contributed by atoms with Crippen molar-refractivity contribution in [1.29, 1.82) is 0 Å². The van der Waals surface area contributed by atoms with E-state index in [-0.39, 0.29) is 12.5 Å². The molecule has 2 aliphatic rings. The topological polar surface area (TPSA) is 61.6 Å². The van der Waals surface area contributed by atoms with Crippen LogP contribution in [0.5, 0.6) is 0 Å². The molecule has 1 N–H and O–H groups in total. The van der Waals surface area contributed by atoms with E-state index in [9.17, 15) is 9.90 Å². The lowest BCUT2D eigenvalue weighted by molar-refractivity contribution is -0.132. The van der Waals surface area contributed by atoms with E-state index in [1.165, 1.54) is 23.7 Å². The number of hydrogen-bond acceptors (Lipinski definition) is 4. The molecule has 0 unspecified atom stereocenters. The summed E-state index contributed by atoms with van der Waals surface area (Å²) in [5, 5.41) is 15.2. The number of nitrogens with zero attached hydrogens (tertiary/aromatic N) is 4. The fraction of sp³-hybridized carbons (Fsp3) is 0.714. The fourth-order valence-corrected chi connectivity index (χ4v) is 3.38. The molecular weight excluding hydrogens is 292 g/mol. The Morgan fingerprint density at radius 1 is 1.38 bits per heavy atom. The van der Waals surface area contributed by atoms with Crippen LogP contribution in [0, 0.1) is 0 Å². The van der Waals surface area contributed by atoms with Gasteiger partial charge in [-0.1, -0.05) is 11.6 Å². The molecule has 0 bridgehead atoms. The van der Waals surface area contributed by atoms with Gasteiger partial charge in [0.1, 0.15) is 6.54 Å². The maximum Gasteiger partial charge on any atom is 0.244 e. The number of carbonyl (C=O) groups is 1. The second-order valence-corrected chi connectivity index (χ2v) is 6.57. The highest BCUT2D eigenvalue weighted by Gasteiger charge is 2.39. The first kappa shape index (κ1) is 14.8. The van der Waals surface area contributed by atoms with Crippen molar-refractivity contribution in [3.8, 4) is 0 Å². The van der Waals surface area contributed by atoms with Crippen molar-refractivity contribution in [1.82, 2.24) is 19.6 Å². The Morgan fingerprint density at radius 3 is 2.81 bits per heavy atom. The summed E-state index contributed by atoms with van der Waals surface area (Å²) < 4.78 is 1.53. The zero-order valence-corrected chi connectivity index (χ0v) is 12.8. The van der Waals surface area contributed by atoms with Crippen LogP contribution in [0.25, 0.3) is 0 Å². The summed E-state index contributed by atoms with van der Waals surface area (Å²) in [6.45, 7) is 3.98. The van der Waals surface area contributed by atoms with Gasteiger partial charge in [-0.2, -0.15) is 5.10 Å². The SMILES string of the molecule is O=C(Cn1cc(Cl)cn1)N1CC[C@@](O)(CN2CCCC2)C1. The molecular formula is C14H21ClN4O2. The molecule has 1 amide bonds. The summed E-state index contributed by atoms with van der Waals surface area (Å²) >= 11 is 5.79. The van der Waals surface area contributed by atoms with Crippen molar-refractivity contribution in [2.24, 2.45) is 0 Å². The van der Waals surface area contributed by atoms with Crippen molar-refractivity contribution in [3.05, 3.63) is 17.4 Å². The average Bonchev–Trinajstić information content (AvgIpc) is 3.13. The van der Waals surface area contributed by atoms with Gasteiger partial charge >= 0.3 is 0 Å². The molecule has 0 aliphatic carbocycles. The normalized spacial score (nSPS) is 26.7. The smallest absolute Gasteiger partial charge is 0.244 e. The van der Waals surface area contributed by atoms with Gasteiger partial charge < -0.3 is 14.9 Å². The number of aliphatic hydroxyl groups is 1. The van der Waals surface area contributed by atoms with Crippen molar-refractivity contribution < 1.29 is 9.90 Å². The van der Waals surface area contributed by atoms with E-state index >= 15 is 0 Å². The summed E-state index contributed by atoms with van der Waals surface area (Å²) in [6, 6.07) is 0. The zero-order valence-electron chi connectivity index (χ0n) is 12.0. The van der Waals surface area contributed by atoms with E-state index < -0.39 is 5.60 Å². The molecule has 6 nitrogen and oxygen atoms in total. The van der Waals surface area contributed by atoms with Crippen LogP contribution in [-0.2, 0) is 11.3 Å². The highest BCUT2D eigenvalue weighted by molar-refractivity contribution is 6.30. The van der Waals surface area contributed by atoms with Gasteiger partial charge in [0.2, 0.25) is 5.91 Å². The van der Waals surface area contributed by atoms with Gasteiger partial charge in [-0.15, -0.1) is 0 Å². The number of aromatic nitrogens is 2. The van der Waals surface area contributed by atoms with E-state index in [1.807, 2.05) is 0 Å². The van der Waals surface area contributed by atoms with E-state index in [0.717, 1.165) is 13.1 Å². The van der Waals surface area contributed by atoms with Gasteiger partial charge in [0.15, 0.2) is 0 Å². The standard InChI is InChI=1S/C14H21ClN4O2/c15-12-7-16-19(8-12)9-13(20)18-6-3-14(21,11-18)10-17-4-1-2-5-17/h7-8,21H,1-6,9-11H2/t14-/m1/s1. The third-order valence-electron chi connectivity index (χ3n) is 4.30. The second kappa shape index (κ2) is 5.94. The maximum absolute atomic E-state index is 12.2. The highest BCUT2D eigenvalue weighted by atomic mass is 35.5. The van der Waals surface area contributed by atoms with Crippen LogP contribution in [0.2, 0.25) is 5.02 Å². The minimum atomic E-state index is -0.762. The van der Waals surface area contributed by atoms with E-state index in [0.29, 0.717) is 31.1 Å². The molecule has 0 saturated carbocycles. The van der Waals surface area contributed by atoms with Crippen LogP contribution in [0.1, 0.15) is 19.3 Å². The van der Waals surface area contributed by atoms with Crippen molar-refractivity contribution >= 4 is 17.5 Å². The van der Waals surface area contributed by atoms with Crippen molar-refractivity contribution in [2.75, 3.05) is 32.7 Å². The van der Waals surface area contributed by atoms with Crippen LogP contribution >= 0.6 is 11.6 Å². The van der Waals surface area contributed by atoms with Gasteiger partial charge in [-0.05, 0) is 32.4 Å². The van der Waals surface area contributed by atoms with Crippen LogP contribution in [0.4, 0.5) is 0 Å². The average molecular weight is 313 g/mol. The number of rotatable bonds is 4. The Labute approximate surface area is 129 Å². The Balaban J connectivity index is 1.54. The van der Waals surface area contributed by atoms with Gasteiger partial charge in [0.25, 0.3) is 0 Å². The Kier molecular flexibility index (Phi) is 4.19. The van der Waals surface area contributed by atoms with E-state index in [4.69, 9.17) is 11.6 Å². The monoisotopic (exact) mass is 312 g/mol. The Morgan fingerprint density at radius 2 is 2.14 bits per heavy atom. The lowest BCUT2D eigenvalue weighted by atomic mass is 10.0. The number of likely N-dealkylation sites (tertiary alicyclic amines) is 2. The first-order valence-corrected chi connectivity index (χ1v) is 7.82. The van der Waals surface area contributed by atoms with Crippen LogP contribution < -0.4 is 0 Å². The number of amides is 1. The quantitative estimate of drug-likeness (QED) is 0.884.